The van der Waals surface area contributed by atoms with E-state index in [4.69, 9.17) is 10.2 Å². The Morgan fingerprint density at radius 3 is 1.25 bits per heavy atom. The lowest BCUT2D eigenvalue weighted by atomic mass is 10.0. The maximum atomic E-state index is 11.8. The van der Waals surface area contributed by atoms with Gasteiger partial charge in [-0.3, -0.25) is 0 Å². The summed E-state index contributed by atoms with van der Waals surface area (Å²) in [5, 5.41) is 62.1. The Morgan fingerprint density at radius 2 is 0.972 bits per heavy atom. The summed E-state index contributed by atoms with van der Waals surface area (Å²) in [6.45, 7) is 3.92. The molecule has 4 aromatic rings. The van der Waals surface area contributed by atoms with Crippen LogP contribution in [0.15, 0.2) is 48.5 Å². The Labute approximate surface area is 206 Å². The van der Waals surface area contributed by atoms with Crippen molar-refractivity contribution in [2.75, 3.05) is 0 Å². The molecule has 10 nitrogen and oxygen atoms in total. The van der Waals surface area contributed by atoms with Crippen molar-refractivity contribution in [3.8, 4) is 23.0 Å². The average Bonchev–Trinajstić information content (AvgIpc) is 2.83. The van der Waals surface area contributed by atoms with E-state index in [2.05, 4.69) is 0 Å². The topological polar surface area (TPSA) is 234 Å². The van der Waals surface area contributed by atoms with Gasteiger partial charge in [-0.2, -0.15) is 0 Å². The van der Waals surface area contributed by atoms with E-state index in [1.54, 1.807) is 36.4 Å². The van der Waals surface area contributed by atoms with Crippen LogP contribution in [0.4, 0.5) is 0 Å². The Balaban J connectivity index is 0.000000341. The van der Waals surface area contributed by atoms with Crippen LogP contribution in [-0.2, 0) is 12.8 Å². The van der Waals surface area contributed by atoms with Crippen molar-refractivity contribution >= 4 is 33.5 Å². The first-order valence-corrected chi connectivity index (χ1v) is 10.5. The molecule has 36 heavy (non-hydrogen) atoms. The number of fused-ring (bicyclic) bond motifs is 2. The van der Waals surface area contributed by atoms with E-state index in [0.717, 1.165) is 36.1 Å². The molecule has 0 radical (unpaired) electrons. The third-order valence-electron chi connectivity index (χ3n) is 5.54. The molecule has 0 bridgehead atoms. The van der Waals surface area contributed by atoms with E-state index < -0.39 is 34.6 Å². The smallest absolute Gasteiger partial charge is 0.335 e. The lowest BCUT2D eigenvalue weighted by molar-refractivity contribution is -0.267. The second-order valence-corrected chi connectivity index (χ2v) is 7.62. The van der Waals surface area contributed by atoms with Gasteiger partial charge in [-0.1, -0.05) is 49.6 Å². The normalized spacial score (nSPS) is 10.1. The molecular weight excluding hydrogens is 468 g/mol. The lowest BCUT2D eigenvalue weighted by Gasteiger charge is -2.16. The number of carboxylic acid groups (broad SMARTS) is 2. The highest BCUT2D eigenvalue weighted by Crippen LogP contribution is 2.35. The van der Waals surface area contributed by atoms with Crippen LogP contribution in [0, 0.1) is 0 Å². The van der Waals surface area contributed by atoms with E-state index >= 15 is 0 Å². The van der Waals surface area contributed by atoms with Gasteiger partial charge in [-0.15, -0.1) is 0 Å². The molecule has 0 heterocycles. The van der Waals surface area contributed by atoms with Gasteiger partial charge >= 0.3 is 11.9 Å². The van der Waals surface area contributed by atoms with Gasteiger partial charge in [0.25, 0.3) is 0 Å². The van der Waals surface area contributed by atoms with Crippen molar-refractivity contribution in [3.63, 3.8) is 0 Å². The molecule has 0 spiro atoms. The van der Waals surface area contributed by atoms with Crippen molar-refractivity contribution in [1.29, 1.82) is 0 Å². The maximum absolute atomic E-state index is 11.8. The van der Waals surface area contributed by atoms with E-state index in [0.29, 0.717) is 10.8 Å². The van der Waals surface area contributed by atoms with Crippen LogP contribution >= 0.6 is 0 Å². The van der Waals surface area contributed by atoms with Crippen molar-refractivity contribution in [1.82, 2.24) is 12.3 Å². The standard InChI is InChI=1S/2C13H12O4.2H3N/c2*1-2-7-3-4-8-9(5-7)11(14)6-10(12(8)15)13(16)17;;/h2*3-6,14-15H,2H2,1H3,(H,16,17);2*1H3. The van der Waals surface area contributed by atoms with E-state index in [9.17, 15) is 30.0 Å². The minimum absolute atomic E-state index is 0. The van der Waals surface area contributed by atoms with Crippen molar-refractivity contribution in [3.05, 3.63) is 70.8 Å². The monoisotopic (exact) mass is 498 g/mol. The van der Waals surface area contributed by atoms with Crippen LogP contribution in [0.2, 0.25) is 0 Å². The number of phenols is 2. The quantitative estimate of drug-likeness (QED) is 0.233. The van der Waals surface area contributed by atoms with E-state index in [-0.39, 0.29) is 34.6 Å². The second-order valence-electron chi connectivity index (χ2n) is 7.62. The molecule has 4 aromatic carbocycles. The third kappa shape index (κ3) is 5.57. The number of carboxylic acids is 2. The molecule has 0 aromatic heterocycles. The van der Waals surface area contributed by atoms with Crippen LogP contribution in [0.5, 0.6) is 23.0 Å². The van der Waals surface area contributed by atoms with Gasteiger partial charge in [0, 0.05) is 10.8 Å². The highest BCUT2D eigenvalue weighted by Gasteiger charge is 2.12. The molecule has 10 heteroatoms. The van der Waals surface area contributed by atoms with Crippen molar-refractivity contribution in [2.24, 2.45) is 0 Å². The third-order valence-corrected chi connectivity index (χ3v) is 5.54. The first-order chi connectivity index (χ1) is 16.1. The first-order valence-electron chi connectivity index (χ1n) is 10.5. The molecule has 4 rings (SSSR count). The predicted molar refractivity (Wildman–Crippen MR) is 135 cm³/mol. The van der Waals surface area contributed by atoms with Crippen molar-refractivity contribution < 1.29 is 40.2 Å². The Hall–Kier alpha value is -4.54. The fourth-order valence-electron chi connectivity index (χ4n) is 3.61. The van der Waals surface area contributed by atoms with Gasteiger partial charge in [0.2, 0.25) is 0 Å². The number of hydrogen-bond acceptors (Lipinski definition) is 6. The number of rotatable bonds is 4. The number of phenolic OH excluding ortho intramolecular Hbond substituents is 2. The summed E-state index contributed by atoms with van der Waals surface area (Å²) in [7, 11) is 0. The summed E-state index contributed by atoms with van der Waals surface area (Å²) in [4.78, 5) is 21.7. The molecule has 0 unspecified atom stereocenters. The van der Waals surface area contributed by atoms with Gasteiger partial charge < -0.3 is 42.9 Å². The maximum Gasteiger partial charge on any atom is 0.335 e. The molecule has 192 valence electrons. The Morgan fingerprint density at radius 1 is 0.639 bits per heavy atom. The zero-order valence-corrected chi connectivity index (χ0v) is 20.5. The molecule has 0 saturated heterocycles. The van der Waals surface area contributed by atoms with Gasteiger partial charge in [0.1, 0.15) is 11.5 Å². The van der Waals surface area contributed by atoms with Gasteiger partial charge in [-0.05, 0) is 59.0 Å². The molecular formula is C26H30N2O8. The molecule has 0 aliphatic rings. The summed E-state index contributed by atoms with van der Waals surface area (Å²) >= 11 is 0. The zero-order valence-electron chi connectivity index (χ0n) is 20.5. The van der Waals surface area contributed by atoms with E-state index in [1.165, 1.54) is 0 Å². The molecule has 0 amide bonds. The van der Waals surface area contributed by atoms with Gasteiger partial charge in [0.15, 0.2) is 0 Å². The molecule has 0 saturated carbocycles. The summed E-state index contributed by atoms with van der Waals surface area (Å²) < 4.78 is 0. The summed E-state index contributed by atoms with van der Waals surface area (Å²) in [6, 6.07) is 12.1. The highest BCUT2D eigenvalue weighted by molar-refractivity contribution is 6.03. The predicted octanol–water partition coefficient (Wildman–Crippen LogP) is 4.51. The SMILES string of the molecule is CCc1ccc2c([O-])c(C(=O)O)cc(O)c2c1.CCc1ccc2c([O-])c(C(=O)O)cc(O)c2c1.[NH4+].[NH4+]. The number of benzene rings is 4. The number of aromatic carboxylic acids is 2. The molecule has 0 aliphatic heterocycles. The number of aryl methyl sites for hydroxylation is 2. The average molecular weight is 499 g/mol. The highest BCUT2D eigenvalue weighted by atomic mass is 16.4. The molecule has 0 aliphatic carbocycles. The minimum Gasteiger partial charge on any atom is -0.871 e. The largest absolute Gasteiger partial charge is 0.871 e. The van der Waals surface area contributed by atoms with Crippen LogP contribution in [0.3, 0.4) is 0 Å². The van der Waals surface area contributed by atoms with E-state index in [1.807, 2.05) is 13.8 Å². The van der Waals surface area contributed by atoms with Crippen LogP contribution in [-0.4, -0.2) is 32.4 Å². The number of hydrogen-bond donors (Lipinski definition) is 6. The minimum atomic E-state index is -1.33. The number of quaternary nitrogens is 2. The Bertz CT molecular complexity index is 1320. The van der Waals surface area contributed by atoms with Gasteiger partial charge in [0.05, 0.1) is 11.1 Å². The fraction of sp³-hybridized carbons (Fsp3) is 0.154. The molecule has 0 fully saturated rings. The number of carbonyl (C=O) groups is 2. The first kappa shape index (κ1) is 29.5. The van der Waals surface area contributed by atoms with Gasteiger partial charge in [-0.25, -0.2) is 9.59 Å². The summed E-state index contributed by atoms with van der Waals surface area (Å²) in [6.07, 6.45) is 1.56. The molecule has 12 N–H and O–H groups in total. The van der Waals surface area contributed by atoms with Crippen LogP contribution in [0.1, 0.15) is 45.7 Å². The van der Waals surface area contributed by atoms with Crippen LogP contribution in [0.25, 0.3) is 21.5 Å². The fourth-order valence-corrected chi connectivity index (χ4v) is 3.61. The molecule has 0 atom stereocenters. The second kappa shape index (κ2) is 11.7. The van der Waals surface area contributed by atoms with Crippen LogP contribution < -0.4 is 22.5 Å². The summed E-state index contributed by atoms with van der Waals surface area (Å²) in [5.74, 6) is -4.13. The number of aromatic hydroxyl groups is 2. The Kier molecular flexibility index (Phi) is 9.61. The van der Waals surface area contributed by atoms with Crippen molar-refractivity contribution in [2.45, 2.75) is 26.7 Å². The summed E-state index contributed by atoms with van der Waals surface area (Å²) in [5.41, 5.74) is 1.16. The zero-order chi connectivity index (χ0) is 25.2. The lowest BCUT2D eigenvalue weighted by Crippen LogP contribution is -2.04.